The lowest BCUT2D eigenvalue weighted by atomic mass is 10.1. The van der Waals surface area contributed by atoms with Gasteiger partial charge in [0.15, 0.2) is 0 Å². The Morgan fingerprint density at radius 2 is 1.52 bits per heavy atom. The summed E-state index contributed by atoms with van der Waals surface area (Å²) < 4.78 is 28.2. The first-order valence-electron chi connectivity index (χ1n) is 9.58. The third kappa shape index (κ3) is 6.03. The number of rotatable bonds is 7. The average Bonchev–Trinajstić information content (AvgIpc) is 2.73. The zero-order valence-corrected chi connectivity index (χ0v) is 19.7. The molecule has 0 aliphatic carbocycles. The number of carbonyl (C=O) groups excluding carboxylic acids is 1. The van der Waals surface area contributed by atoms with Crippen LogP contribution < -0.4 is 10.0 Å². The van der Waals surface area contributed by atoms with Gasteiger partial charge < -0.3 is 5.32 Å². The van der Waals surface area contributed by atoms with Gasteiger partial charge in [-0.3, -0.25) is 9.52 Å². The molecule has 8 heteroatoms. The van der Waals surface area contributed by atoms with Crippen molar-refractivity contribution in [3.05, 3.63) is 82.9 Å². The molecule has 0 saturated carbocycles. The molecule has 2 N–H and O–H groups in total. The fourth-order valence-corrected chi connectivity index (χ4v) is 5.10. The number of nitrogens with one attached hydrogen (secondary N) is 2. The minimum Gasteiger partial charge on any atom is -0.325 e. The van der Waals surface area contributed by atoms with Crippen molar-refractivity contribution >= 4 is 50.7 Å². The molecule has 5 nitrogen and oxygen atoms in total. The molecular weight excluding hydrogens is 452 g/mol. The molecule has 0 spiro atoms. The Labute approximate surface area is 192 Å². The van der Waals surface area contributed by atoms with Crippen molar-refractivity contribution in [2.45, 2.75) is 35.8 Å². The van der Waals surface area contributed by atoms with Crippen LogP contribution in [0.3, 0.4) is 0 Å². The molecule has 162 valence electrons. The number of carbonyl (C=O) groups is 1. The number of hydrogen-bond donors (Lipinski definition) is 2. The van der Waals surface area contributed by atoms with Gasteiger partial charge in [-0.1, -0.05) is 29.8 Å². The summed E-state index contributed by atoms with van der Waals surface area (Å²) in [6.07, 6.45) is 0. The van der Waals surface area contributed by atoms with Gasteiger partial charge in [-0.25, -0.2) is 8.42 Å². The highest BCUT2D eigenvalue weighted by atomic mass is 35.5. The summed E-state index contributed by atoms with van der Waals surface area (Å²) >= 11 is 7.30. The predicted octanol–water partition coefficient (Wildman–Crippen LogP) is 5.88. The fraction of sp³-hybridized carbons (Fsp3) is 0.174. The summed E-state index contributed by atoms with van der Waals surface area (Å²) in [7, 11) is -3.74. The van der Waals surface area contributed by atoms with Crippen molar-refractivity contribution in [2.24, 2.45) is 0 Å². The Hall–Kier alpha value is -2.48. The topological polar surface area (TPSA) is 75.3 Å². The van der Waals surface area contributed by atoms with Crippen LogP contribution in [0.5, 0.6) is 0 Å². The molecule has 0 radical (unpaired) electrons. The molecule has 3 aromatic carbocycles. The van der Waals surface area contributed by atoms with Crippen molar-refractivity contribution in [3.8, 4) is 0 Å². The zero-order valence-electron chi connectivity index (χ0n) is 17.3. The number of thioether (sulfide) groups is 1. The van der Waals surface area contributed by atoms with Gasteiger partial charge in [0.25, 0.3) is 10.0 Å². The number of para-hydroxylation sites is 1. The van der Waals surface area contributed by atoms with E-state index >= 15 is 0 Å². The van der Waals surface area contributed by atoms with E-state index in [9.17, 15) is 13.2 Å². The highest BCUT2D eigenvalue weighted by Crippen LogP contribution is 2.27. The van der Waals surface area contributed by atoms with E-state index in [1.165, 1.54) is 23.9 Å². The second-order valence-corrected chi connectivity index (χ2v) is 10.6. The molecule has 1 atom stereocenters. The van der Waals surface area contributed by atoms with E-state index in [-0.39, 0.29) is 16.1 Å². The molecule has 0 aliphatic heterocycles. The summed E-state index contributed by atoms with van der Waals surface area (Å²) in [5.41, 5.74) is 2.80. The Balaban J connectivity index is 1.66. The molecule has 1 amide bonds. The summed E-state index contributed by atoms with van der Waals surface area (Å²) in [6, 6.07) is 19.0. The van der Waals surface area contributed by atoms with E-state index in [1.807, 2.05) is 51.1 Å². The standard InChI is InChI=1S/C23H23ClN2O3S2/c1-15-5-4-6-16(2)22(15)26-31(28,29)21-13-9-19(10-14-21)25-23(27)17(3)30-20-11-7-18(24)8-12-20/h4-14,17,26H,1-3H3,(H,25,27). The van der Waals surface area contributed by atoms with Crippen molar-refractivity contribution in [1.82, 2.24) is 0 Å². The van der Waals surface area contributed by atoms with Crippen LogP contribution >= 0.6 is 23.4 Å². The Bertz CT molecular complexity index is 1160. The number of sulfonamides is 1. The lowest BCUT2D eigenvalue weighted by Gasteiger charge is -2.14. The van der Waals surface area contributed by atoms with Crippen LogP contribution in [-0.4, -0.2) is 19.6 Å². The van der Waals surface area contributed by atoms with Gasteiger partial charge in [0.2, 0.25) is 5.91 Å². The maximum absolute atomic E-state index is 12.8. The van der Waals surface area contributed by atoms with Crippen LogP contribution in [0, 0.1) is 13.8 Å². The lowest BCUT2D eigenvalue weighted by molar-refractivity contribution is -0.115. The van der Waals surface area contributed by atoms with Gasteiger partial charge in [0.05, 0.1) is 15.8 Å². The first-order chi connectivity index (χ1) is 14.7. The van der Waals surface area contributed by atoms with Gasteiger partial charge in [-0.15, -0.1) is 11.8 Å². The molecule has 31 heavy (non-hydrogen) atoms. The summed E-state index contributed by atoms with van der Waals surface area (Å²) in [6.45, 7) is 5.52. The number of anilines is 2. The molecule has 0 fully saturated rings. The van der Waals surface area contributed by atoms with Gasteiger partial charge in [0, 0.05) is 15.6 Å². The zero-order chi connectivity index (χ0) is 22.6. The van der Waals surface area contributed by atoms with E-state index in [4.69, 9.17) is 11.6 Å². The number of amides is 1. The maximum Gasteiger partial charge on any atom is 0.261 e. The highest BCUT2D eigenvalue weighted by Gasteiger charge is 2.18. The number of benzene rings is 3. The first kappa shape index (κ1) is 23.2. The van der Waals surface area contributed by atoms with Gasteiger partial charge in [-0.05, 0) is 80.4 Å². The molecular formula is C23H23ClN2O3S2. The number of aryl methyl sites for hydroxylation is 2. The van der Waals surface area contributed by atoms with Crippen molar-refractivity contribution < 1.29 is 13.2 Å². The summed E-state index contributed by atoms with van der Waals surface area (Å²) in [4.78, 5) is 13.6. The molecule has 0 bridgehead atoms. The average molecular weight is 475 g/mol. The smallest absolute Gasteiger partial charge is 0.261 e. The SMILES string of the molecule is Cc1cccc(C)c1NS(=O)(=O)c1ccc(NC(=O)C(C)Sc2ccc(Cl)cc2)cc1. The van der Waals surface area contributed by atoms with Gasteiger partial charge >= 0.3 is 0 Å². The molecule has 1 unspecified atom stereocenters. The molecule has 3 rings (SSSR count). The van der Waals surface area contributed by atoms with Crippen LogP contribution in [0.4, 0.5) is 11.4 Å². The van der Waals surface area contributed by atoms with Gasteiger partial charge in [0.1, 0.15) is 0 Å². The van der Waals surface area contributed by atoms with E-state index in [2.05, 4.69) is 10.0 Å². The fourth-order valence-electron chi connectivity index (χ4n) is 2.90. The predicted molar refractivity (Wildman–Crippen MR) is 129 cm³/mol. The lowest BCUT2D eigenvalue weighted by Crippen LogP contribution is -2.22. The largest absolute Gasteiger partial charge is 0.325 e. The number of hydrogen-bond acceptors (Lipinski definition) is 4. The number of halogens is 1. The molecule has 0 saturated heterocycles. The minimum absolute atomic E-state index is 0.122. The third-order valence-electron chi connectivity index (χ3n) is 4.65. The van der Waals surface area contributed by atoms with E-state index in [0.717, 1.165) is 16.0 Å². The van der Waals surface area contributed by atoms with Gasteiger partial charge in [-0.2, -0.15) is 0 Å². The van der Waals surface area contributed by atoms with Crippen LogP contribution in [0.2, 0.25) is 5.02 Å². The van der Waals surface area contributed by atoms with E-state index in [1.54, 1.807) is 24.3 Å². The monoisotopic (exact) mass is 474 g/mol. The molecule has 0 heterocycles. The van der Waals surface area contributed by atoms with E-state index < -0.39 is 10.0 Å². The van der Waals surface area contributed by atoms with Crippen molar-refractivity contribution in [3.63, 3.8) is 0 Å². The van der Waals surface area contributed by atoms with Crippen molar-refractivity contribution in [2.75, 3.05) is 10.0 Å². The molecule has 3 aromatic rings. The van der Waals surface area contributed by atoms with Crippen LogP contribution in [0.1, 0.15) is 18.1 Å². The van der Waals surface area contributed by atoms with Crippen LogP contribution in [0.25, 0.3) is 0 Å². The Morgan fingerprint density at radius 3 is 2.10 bits per heavy atom. The first-order valence-corrected chi connectivity index (χ1v) is 12.3. The minimum atomic E-state index is -3.74. The summed E-state index contributed by atoms with van der Waals surface area (Å²) in [5.74, 6) is -0.177. The third-order valence-corrected chi connectivity index (χ3v) is 7.37. The van der Waals surface area contributed by atoms with Crippen LogP contribution in [-0.2, 0) is 14.8 Å². The maximum atomic E-state index is 12.8. The highest BCUT2D eigenvalue weighted by molar-refractivity contribution is 8.00. The molecule has 0 aromatic heterocycles. The second-order valence-electron chi connectivity index (χ2n) is 7.10. The Morgan fingerprint density at radius 1 is 0.935 bits per heavy atom. The van der Waals surface area contributed by atoms with E-state index in [0.29, 0.717) is 16.4 Å². The quantitative estimate of drug-likeness (QED) is 0.419. The Kier molecular flexibility index (Phi) is 7.30. The second kappa shape index (κ2) is 9.77. The summed E-state index contributed by atoms with van der Waals surface area (Å²) in [5, 5.41) is 3.12. The normalized spacial score (nSPS) is 12.3. The molecule has 0 aliphatic rings. The van der Waals surface area contributed by atoms with Crippen LogP contribution in [0.15, 0.2) is 76.5 Å². The van der Waals surface area contributed by atoms with Crippen molar-refractivity contribution in [1.29, 1.82) is 0 Å².